The van der Waals surface area contributed by atoms with E-state index in [2.05, 4.69) is 25.2 Å². The largest absolute Gasteiger partial charge is 0.348 e. The highest BCUT2D eigenvalue weighted by Gasteiger charge is 2.32. The third-order valence-electron chi connectivity index (χ3n) is 5.62. The molecular formula is C21H25FN6O3S. The van der Waals surface area contributed by atoms with Gasteiger partial charge in [0.1, 0.15) is 6.17 Å². The summed E-state index contributed by atoms with van der Waals surface area (Å²) in [6.45, 7) is 3.80. The highest BCUT2D eigenvalue weighted by atomic mass is 32.2. The van der Waals surface area contributed by atoms with Gasteiger partial charge in [-0.15, -0.1) is 0 Å². The minimum atomic E-state index is -3.84. The van der Waals surface area contributed by atoms with E-state index in [1.807, 2.05) is 11.8 Å². The van der Waals surface area contributed by atoms with E-state index in [1.165, 1.54) is 18.3 Å². The van der Waals surface area contributed by atoms with Gasteiger partial charge in [-0.3, -0.25) is 9.89 Å². The second-order valence-electron chi connectivity index (χ2n) is 7.78. The Labute approximate surface area is 185 Å². The molecule has 3 aromatic rings. The summed E-state index contributed by atoms with van der Waals surface area (Å²) in [7, 11) is -3.84. The van der Waals surface area contributed by atoms with E-state index >= 15 is 0 Å². The Balaban J connectivity index is 1.35. The molecule has 1 aliphatic heterocycles. The van der Waals surface area contributed by atoms with Gasteiger partial charge in [0, 0.05) is 24.7 Å². The number of H-pyrrole nitrogens is 1. The number of carbonyl (C=O) groups is 1. The number of aromatic nitrogens is 3. The third kappa shape index (κ3) is 4.95. The van der Waals surface area contributed by atoms with Crippen molar-refractivity contribution in [2.24, 2.45) is 0 Å². The number of alkyl halides is 1. The Morgan fingerprint density at radius 1 is 1.28 bits per heavy atom. The van der Waals surface area contributed by atoms with Crippen molar-refractivity contribution in [2.75, 3.05) is 19.6 Å². The number of aromatic amines is 1. The number of piperidine rings is 1. The van der Waals surface area contributed by atoms with Crippen LogP contribution < -0.4 is 10.0 Å². The van der Waals surface area contributed by atoms with E-state index in [0.717, 1.165) is 17.5 Å². The maximum absolute atomic E-state index is 14.4. The van der Waals surface area contributed by atoms with Crippen LogP contribution in [0.4, 0.5) is 4.39 Å². The van der Waals surface area contributed by atoms with E-state index in [-0.39, 0.29) is 23.9 Å². The molecule has 4 rings (SSSR count). The van der Waals surface area contributed by atoms with Crippen molar-refractivity contribution < 1.29 is 17.6 Å². The fraction of sp³-hybridized carbons (Fsp3) is 0.381. The Morgan fingerprint density at radius 3 is 2.78 bits per heavy atom. The highest BCUT2D eigenvalue weighted by molar-refractivity contribution is 7.89. The molecule has 0 radical (unpaired) electrons. The van der Waals surface area contributed by atoms with Crippen molar-refractivity contribution in [3.63, 3.8) is 0 Å². The molecule has 1 saturated heterocycles. The number of benzene rings is 1. The Hall–Kier alpha value is -2.89. The van der Waals surface area contributed by atoms with E-state index in [0.29, 0.717) is 24.2 Å². The van der Waals surface area contributed by atoms with Crippen LogP contribution in [0.15, 0.2) is 47.6 Å². The van der Waals surface area contributed by atoms with Gasteiger partial charge in [0.25, 0.3) is 5.91 Å². The van der Waals surface area contributed by atoms with Crippen LogP contribution in [0.2, 0.25) is 0 Å². The van der Waals surface area contributed by atoms with Gasteiger partial charge in [0.2, 0.25) is 10.0 Å². The zero-order valence-corrected chi connectivity index (χ0v) is 18.4. The first-order valence-corrected chi connectivity index (χ1v) is 11.9. The minimum absolute atomic E-state index is 0.0623. The number of halogens is 1. The fourth-order valence-corrected chi connectivity index (χ4v) is 4.98. The van der Waals surface area contributed by atoms with Gasteiger partial charge in [0.05, 0.1) is 22.7 Å². The molecule has 2 atom stereocenters. The van der Waals surface area contributed by atoms with Crippen molar-refractivity contribution in [3.05, 3.63) is 53.9 Å². The van der Waals surface area contributed by atoms with Gasteiger partial charge in [-0.05, 0) is 43.3 Å². The molecule has 2 aromatic heterocycles. The number of nitrogens with zero attached hydrogens (tertiary/aromatic N) is 3. The summed E-state index contributed by atoms with van der Waals surface area (Å²) in [6, 6.07) is 7.11. The minimum Gasteiger partial charge on any atom is -0.348 e. The third-order valence-corrected chi connectivity index (χ3v) is 7.13. The van der Waals surface area contributed by atoms with Crippen molar-refractivity contribution in [2.45, 2.75) is 37.0 Å². The van der Waals surface area contributed by atoms with Gasteiger partial charge < -0.3 is 10.2 Å². The monoisotopic (exact) mass is 460 g/mol. The molecule has 1 amide bonds. The van der Waals surface area contributed by atoms with Gasteiger partial charge in [-0.2, -0.15) is 5.10 Å². The molecule has 1 aromatic carbocycles. The average Bonchev–Trinajstić information content (AvgIpc) is 3.27. The number of pyridine rings is 1. The van der Waals surface area contributed by atoms with Crippen molar-refractivity contribution in [3.8, 4) is 0 Å². The zero-order valence-electron chi connectivity index (χ0n) is 17.6. The first-order chi connectivity index (χ1) is 15.4. The zero-order chi connectivity index (χ0) is 22.7. The summed E-state index contributed by atoms with van der Waals surface area (Å²) in [5.41, 5.74) is 1.73. The number of sulfonamides is 1. The normalized spacial score (nSPS) is 19.8. The molecule has 1 aliphatic rings. The lowest BCUT2D eigenvalue weighted by Gasteiger charge is -2.34. The van der Waals surface area contributed by atoms with Gasteiger partial charge in [0.15, 0.2) is 5.65 Å². The smallest absolute Gasteiger partial charge is 0.253 e. The summed E-state index contributed by atoms with van der Waals surface area (Å²) < 4.78 is 42.2. The second-order valence-corrected chi connectivity index (χ2v) is 9.50. The fourth-order valence-electron chi connectivity index (χ4n) is 3.69. The molecule has 170 valence electrons. The molecule has 0 saturated carbocycles. The van der Waals surface area contributed by atoms with Crippen LogP contribution in [0, 0.1) is 0 Å². The van der Waals surface area contributed by atoms with E-state index in [1.54, 1.807) is 24.4 Å². The summed E-state index contributed by atoms with van der Waals surface area (Å²) >= 11 is 0. The van der Waals surface area contributed by atoms with Crippen molar-refractivity contribution in [1.29, 1.82) is 0 Å². The highest BCUT2D eigenvalue weighted by Crippen LogP contribution is 2.18. The summed E-state index contributed by atoms with van der Waals surface area (Å²) in [6.07, 6.45) is 2.23. The number of carbonyl (C=O) groups excluding carboxylic acids is 1. The summed E-state index contributed by atoms with van der Waals surface area (Å²) in [4.78, 5) is 18.5. The first kappa shape index (κ1) is 22.3. The Bertz CT molecular complexity index is 1200. The Kier molecular flexibility index (Phi) is 6.49. The number of nitrogens with one attached hydrogen (secondary N) is 3. The maximum Gasteiger partial charge on any atom is 0.253 e. The second kappa shape index (κ2) is 9.31. The SMILES string of the molecule is CCN1CCC(NS(=O)(=O)c2ccc(CNC(=O)c3cnc4[nH]ncc4c3)cc2)C(F)C1. The van der Waals surface area contributed by atoms with Crippen molar-refractivity contribution >= 4 is 27.0 Å². The van der Waals surface area contributed by atoms with Gasteiger partial charge in [-0.25, -0.2) is 22.5 Å². The van der Waals surface area contributed by atoms with Crippen LogP contribution >= 0.6 is 0 Å². The first-order valence-electron chi connectivity index (χ1n) is 10.4. The predicted octanol–water partition coefficient (Wildman–Crippen LogP) is 1.60. The number of rotatable bonds is 7. The van der Waals surface area contributed by atoms with Crippen LogP contribution in [0.5, 0.6) is 0 Å². The summed E-state index contributed by atoms with van der Waals surface area (Å²) in [5, 5.41) is 10.1. The van der Waals surface area contributed by atoms with E-state index in [4.69, 9.17) is 0 Å². The standard InChI is InChI=1S/C21H25FN6O3S/c1-2-28-8-7-19(18(22)13-28)27-32(30,31)17-5-3-14(4-6-17)10-24-21(29)16-9-15-12-25-26-20(15)23-11-16/h3-6,9,11-12,18-19,27H,2,7-8,10,13H2,1H3,(H,24,29)(H,23,25,26). The van der Waals surface area contributed by atoms with Gasteiger partial charge in [-0.1, -0.05) is 19.1 Å². The quantitative estimate of drug-likeness (QED) is 0.493. The van der Waals surface area contributed by atoms with Crippen molar-refractivity contribution in [1.82, 2.24) is 30.1 Å². The van der Waals surface area contributed by atoms with Gasteiger partial charge >= 0.3 is 0 Å². The number of fused-ring (bicyclic) bond motifs is 1. The molecule has 3 N–H and O–H groups in total. The molecule has 0 bridgehead atoms. The molecule has 3 heterocycles. The van der Waals surface area contributed by atoms with E-state index < -0.39 is 22.2 Å². The van der Waals surface area contributed by atoms with Crippen LogP contribution in [0.1, 0.15) is 29.3 Å². The molecule has 2 unspecified atom stereocenters. The molecule has 1 fully saturated rings. The number of hydrogen-bond acceptors (Lipinski definition) is 6. The van der Waals surface area contributed by atoms with Crippen LogP contribution in [-0.2, 0) is 16.6 Å². The number of amides is 1. The predicted molar refractivity (Wildman–Crippen MR) is 117 cm³/mol. The molecule has 11 heteroatoms. The topological polar surface area (TPSA) is 120 Å². The van der Waals surface area contributed by atoms with Crippen LogP contribution in [-0.4, -0.2) is 66.3 Å². The molecule has 32 heavy (non-hydrogen) atoms. The molecule has 0 aliphatic carbocycles. The van der Waals surface area contributed by atoms with Crippen LogP contribution in [0.3, 0.4) is 0 Å². The number of likely N-dealkylation sites (tertiary alicyclic amines) is 1. The molecule has 9 nitrogen and oxygen atoms in total. The maximum atomic E-state index is 14.4. The lowest BCUT2D eigenvalue weighted by molar-refractivity contribution is 0.0950. The van der Waals surface area contributed by atoms with Crippen LogP contribution in [0.25, 0.3) is 11.0 Å². The molecular weight excluding hydrogens is 435 g/mol. The van der Waals surface area contributed by atoms with E-state index in [9.17, 15) is 17.6 Å². The lowest BCUT2D eigenvalue weighted by Crippen LogP contribution is -2.52. The summed E-state index contributed by atoms with van der Waals surface area (Å²) in [5.74, 6) is -0.300. The number of hydrogen-bond donors (Lipinski definition) is 3. The molecule has 0 spiro atoms. The lowest BCUT2D eigenvalue weighted by atomic mass is 10.0. The Morgan fingerprint density at radius 2 is 2.06 bits per heavy atom. The average molecular weight is 461 g/mol.